The van der Waals surface area contributed by atoms with E-state index in [1.165, 1.54) is 0 Å². The van der Waals surface area contributed by atoms with Crippen LogP contribution in [0.1, 0.15) is 0 Å². The van der Waals surface area contributed by atoms with Gasteiger partial charge in [-0.05, 0) is 12.1 Å². The van der Waals surface area contributed by atoms with Gasteiger partial charge >= 0.3 is 6.03 Å². The minimum absolute atomic E-state index is 0.475. The second-order valence-corrected chi connectivity index (χ2v) is 4.14. The third-order valence-electron chi connectivity index (χ3n) is 2.95. The van der Waals surface area contributed by atoms with Crippen molar-refractivity contribution in [2.45, 2.75) is 0 Å². The summed E-state index contributed by atoms with van der Waals surface area (Å²) < 4.78 is 5.33. The van der Waals surface area contributed by atoms with Crippen LogP contribution in [0.3, 0.4) is 0 Å². The van der Waals surface area contributed by atoms with Gasteiger partial charge in [-0.25, -0.2) is 4.79 Å². The van der Waals surface area contributed by atoms with Crippen molar-refractivity contribution in [3.8, 4) is 16.9 Å². The van der Waals surface area contributed by atoms with Crippen LogP contribution < -0.4 is 20.9 Å². The van der Waals surface area contributed by atoms with Crippen molar-refractivity contribution in [2.24, 2.45) is 9.98 Å². The Labute approximate surface area is 110 Å². The zero-order valence-corrected chi connectivity index (χ0v) is 10.3. The maximum absolute atomic E-state index is 11.3. The molecule has 2 amide bonds. The van der Waals surface area contributed by atoms with Crippen molar-refractivity contribution in [3.05, 3.63) is 47.1 Å². The molecule has 1 aliphatic heterocycles. The van der Waals surface area contributed by atoms with Gasteiger partial charge in [0.2, 0.25) is 0 Å². The summed E-state index contributed by atoms with van der Waals surface area (Å²) in [6.45, 7) is 0. The number of carbonyl (C=O) groups excluding carboxylic acids is 1. The van der Waals surface area contributed by atoms with Crippen molar-refractivity contribution < 1.29 is 9.53 Å². The number of nitrogens with zero attached hydrogens (tertiary/aromatic N) is 2. The van der Waals surface area contributed by atoms with E-state index >= 15 is 0 Å². The molecule has 4 nitrogen and oxygen atoms in total. The summed E-state index contributed by atoms with van der Waals surface area (Å²) in [5.74, 6) is 0.642. The first-order valence-corrected chi connectivity index (χ1v) is 5.73. The molecule has 1 aliphatic rings. The van der Waals surface area contributed by atoms with Crippen LogP contribution >= 0.6 is 0 Å². The van der Waals surface area contributed by atoms with Crippen molar-refractivity contribution in [1.29, 1.82) is 0 Å². The Hall–Kier alpha value is -2.43. The molecule has 0 aliphatic carbocycles. The molecule has 0 aromatic heterocycles. The Morgan fingerprint density at radius 3 is 2.74 bits per heavy atom. The van der Waals surface area contributed by atoms with Gasteiger partial charge in [0.1, 0.15) is 19.0 Å². The van der Waals surface area contributed by atoms with Gasteiger partial charge in [0.05, 0.1) is 12.5 Å². The SMILES string of the molecule is [B]c1ccc(-c2cccc3c2=NC(=O)N=3)c(OC)c1. The number of fused-ring (bicyclic) bond motifs is 1. The summed E-state index contributed by atoms with van der Waals surface area (Å²) in [5.41, 5.74) is 2.26. The predicted molar refractivity (Wildman–Crippen MR) is 71.5 cm³/mol. The normalized spacial score (nSPS) is 12.6. The Kier molecular flexibility index (Phi) is 2.67. The van der Waals surface area contributed by atoms with Gasteiger partial charge in [-0.1, -0.05) is 29.7 Å². The van der Waals surface area contributed by atoms with E-state index in [1.807, 2.05) is 18.2 Å². The fourth-order valence-electron chi connectivity index (χ4n) is 2.11. The van der Waals surface area contributed by atoms with Crippen molar-refractivity contribution in [1.82, 2.24) is 0 Å². The van der Waals surface area contributed by atoms with E-state index < -0.39 is 6.03 Å². The van der Waals surface area contributed by atoms with Gasteiger partial charge in [-0.2, -0.15) is 9.98 Å². The Morgan fingerprint density at radius 2 is 1.95 bits per heavy atom. The number of urea groups is 1. The Bertz CT molecular complexity index is 800. The standard InChI is InChI=1S/C14H9BN2O2/c1-19-12-7-8(15)5-6-9(12)10-3-2-4-11-13(10)17-14(18)16-11/h2-7H,1H3. The maximum Gasteiger partial charge on any atom is 0.368 e. The van der Waals surface area contributed by atoms with Gasteiger partial charge < -0.3 is 4.74 Å². The minimum Gasteiger partial charge on any atom is -0.496 e. The topological polar surface area (TPSA) is 51.0 Å². The van der Waals surface area contributed by atoms with Crippen LogP contribution in [0.5, 0.6) is 5.75 Å². The molecule has 0 unspecified atom stereocenters. The van der Waals surface area contributed by atoms with Gasteiger partial charge in [0.15, 0.2) is 0 Å². The highest BCUT2D eigenvalue weighted by molar-refractivity contribution is 6.32. The second kappa shape index (κ2) is 4.35. The van der Waals surface area contributed by atoms with E-state index in [0.717, 1.165) is 11.1 Å². The summed E-state index contributed by atoms with van der Waals surface area (Å²) in [7, 11) is 7.32. The predicted octanol–water partition coefficient (Wildman–Crippen LogP) is 0.529. The maximum atomic E-state index is 11.3. The summed E-state index contributed by atoms with van der Waals surface area (Å²) in [6.07, 6.45) is 0. The Balaban J connectivity index is 2.32. The van der Waals surface area contributed by atoms with Crippen LogP contribution in [0.2, 0.25) is 0 Å². The first kappa shape index (κ1) is 11.7. The summed E-state index contributed by atoms with van der Waals surface area (Å²) in [5, 5.41) is 1.16. The van der Waals surface area contributed by atoms with Crippen LogP contribution in [0.25, 0.3) is 11.1 Å². The largest absolute Gasteiger partial charge is 0.496 e. The van der Waals surface area contributed by atoms with E-state index in [1.54, 1.807) is 25.3 Å². The lowest BCUT2D eigenvalue weighted by atomic mass is 9.92. The van der Waals surface area contributed by atoms with Gasteiger partial charge in [0, 0.05) is 11.1 Å². The fraction of sp³-hybridized carbons (Fsp3) is 0.0714. The molecule has 1 heterocycles. The molecule has 0 atom stereocenters. The monoisotopic (exact) mass is 248 g/mol. The molecule has 2 radical (unpaired) electrons. The molecule has 19 heavy (non-hydrogen) atoms. The molecule has 3 rings (SSSR count). The number of benzene rings is 2. The lowest BCUT2D eigenvalue weighted by Gasteiger charge is -2.09. The zero-order valence-electron chi connectivity index (χ0n) is 10.3. The van der Waals surface area contributed by atoms with Crippen molar-refractivity contribution in [2.75, 3.05) is 7.11 Å². The van der Waals surface area contributed by atoms with Crippen molar-refractivity contribution in [3.63, 3.8) is 0 Å². The molecule has 5 heteroatoms. The lowest BCUT2D eigenvalue weighted by Crippen LogP contribution is -2.23. The highest BCUT2D eigenvalue weighted by Crippen LogP contribution is 2.25. The molecule has 0 N–H and O–H groups in total. The second-order valence-electron chi connectivity index (χ2n) is 4.14. The van der Waals surface area contributed by atoms with E-state index in [0.29, 0.717) is 21.9 Å². The average molecular weight is 248 g/mol. The molecule has 0 saturated heterocycles. The number of para-hydroxylation sites is 1. The first-order chi connectivity index (χ1) is 9.19. The summed E-state index contributed by atoms with van der Waals surface area (Å²) in [6, 6.07) is 10.4. The molecular formula is C14H9BN2O2. The van der Waals surface area contributed by atoms with E-state index in [-0.39, 0.29) is 0 Å². The first-order valence-electron chi connectivity index (χ1n) is 5.73. The molecule has 90 valence electrons. The zero-order chi connectivity index (χ0) is 13.4. The van der Waals surface area contributed by atoms with Crippen LogP contribution in [0.15, 0.2) is 46.4 Å². The van der Waals surface area contributed by atoms with Gasteiger partial charge in [0.25, 0.3) is 0 Å². The molecule has 0 bridgehead atoms. The van der Waals surface area contributed by atoms with Crippen LogP contribution in [0.4, 0.5) is 4.79 Å². The number of hydrogen-bond acceptors (Lipinski definition) is 2. The van der Waals surface area contributed by atoms with Crippen LogP contribution in [-0.4, -0.2) is 21.0 Å². The lowest BCUT2D eigenvalue weighted by molar-refractivity contribution is 0.256. The van der Waals surface area contributed by atoms with Crippen LogP contribution in [-0.2, 0) is 0 Å². The number of carbonyl (C=O) groups is 1. The van der Waals surface area contributed by atoms with Crippen molar-refractivity contribution >= 4 is 19.3 Å². The quantitative estimate of drug-likeness (QED) is 0.728. The third kappa shape index (κ3) is 1.93. The number of hydrogen-bond donors (Lipinski definition) is 0. The summed E-state index contributed by atoms with van der Waals surface area (Å²) >= 11 is 0. The van der Waals surface area contributed by atoms with E-state index in [4.69, 9.17) is 12.6 Å². The van der Waals surface area contributed by atoms with E-state index in [9.17, 15) is 4.79 Å². The highest BCUT2D eigenvalue weighted by atomic mass is 16.5. The molecule has 0 saturated carbocycles. The number of rotatable bonds is 2. The van der Waals surface area contributed by atoms with Gasteiger partial charge in [-0.3, -0.25) is 0 Å². The fourth-order valence-corrected chi connectivity index (χ4v) is 2.11. The highest BCUT2D eigenvalue weighted by Gasteiger charge is 2.13. The molecule has 2 aromatic rings. The molecular weight excluding hydrogens is 239 g/mol. The smallest absolute Gasteiger partial charge is 0.368 e. The Morgan fingerprint density at radius 1 is 1.11 bits per heavy atom. The van der Waals surface area contributed by atoms with Crippen LogP contribution in [0, 0.1) is 0 Å². The minimum atomic E-state index is -0.475. The summed E-state index contributed by atoms with van der Waals surface area (Å²) in [4.78, 5) is 19.1. The molecule has 2 aromatic carbocycles. The number of methoxy groups -OCH3 is 1. The number of amides is 2. The average Bonchev–Trinajstić information content (AvgIpc) is 2.78. The third-order valence-corrected chi connectivity index (χ3v) is 2.95. The van der Waals surface area contributed by atoms with Gasteiger partial charge in [-0.15, -0.1) is 0 Å². The number of ether oxygens (including phenoxy) is 1. The molecule has 0 spiro atoms. The van der Waals surface area contributed by atoms with E-state index in [2.05, 4.69) is 9.98 Å². The molecule has 0 fully saturated rings.